The van der Waals surface area contributed by atoms with Gasteiger partial charge in [0.1, 0.15) is 0 Å². The third kappa shape index (κ3) is 9.18. The number of benzene rings is 3. The summed E-state index contributed by atoms with van der Waals surface area (Å²) in [5.74, 6) is 0. The van der Waals surface area contributed by atoms with Crippen LogP contribution in [0.25, 0.3) is 4.13 Å². The summed E-state index contributed by atoms with van der Waals surface area (Å²) in [7, 11) is -14.1. The Bertz CT molecular complexity index is 1510. The van der Waals surface area contributed by atoms with Gasteiger partial charge in [-0.1, -0.05) is 53.1 Å². The van der Waals surface area contributed by atoms with Gasteiger partial charge >= 0.3 is 33.4 Å². The third-order valence-electron chi connectivity index (χ3n) is 6.36. The molecule has 0 amide bonds. The van der Waals surface area contributed by atoms with Crippen molar-refractivity contribution in [2.45, 2.75) is 73.3 Å². The van der Waals surface area contributed by atoms with Gasteiger partial charge in [0.15, 0.2) is 20.0 Å². The Balaban J connectivity index is 0.000000519. The Morgan fingerprint density at radius 1 is 0.477 bits per heavy atom. The van der Waals surface area contributed by atoms with Crippen molar-refractivity contribution in [3.63, 3.8) is 0 Å². The van der Waals surface area contributed by atoms with Crippen molar-refractivity contribution in [2.24, 2.45) is 0 Å². The Morgan fingerprint density at radius 3 is 0.818 bits per heavy atom. The number of halogens is 6. The van der Waals surface area contributed by atoms with E-state index in [9.17, 15) is 43.2 Å². The number of sulfonamides is 2. The second kappa shape index (κ2) is 14.4. The van der Waals surface area contributed by atoms with Crippen molar-refractivity contribution in [2.75, 3.05) is 0 Å². The minimum absolute atomic E-state index is 0. The molecule has 0 aliphatic rings. The fourth-order valence-electron chi connectivity index (χ4n) is 5.12. The molecule has 3 rings (SSSR count). The molecule has 0 saturated heterocycles. The van der Waals surface area contributed by atoms with Crippen LogP contribution in [0, 0.1) is 62.3 Å². The average molecular weight is 866 g/mol. The summed E-state index contributed by atoms with van der Waals surface area (Å²) in [6.45, 7) is 20.4. The van der Waals surface area contributed by atoms with Gasteiger partial charge in [0.25, 0.3) is 0 Å². The first-order valence-corrected chi connectivity index (χ1v) is 16.9. The van der Waals surface area contributed by atoms with Gasteiger partial charge < -0.3 is 4.13 Å². The van der Waals surface area contributed by atoms with E-state index < -0.39 is 39.0 Å². The van der Waals surface area contributed by atoms with Crippen LogP contribution in [0.3, 0.4) is 0 Å². The first-order valence-electron chi connectivity index (χ1n) is 12.7. The summed E-state index contributed by atoms with van der Waals surface area (Å²) < 4.78 is 109. The number of aryl methyl sites for hydroxylation is 9. The standard InChI is InChI=1S/C27H33P.C2F6NO4S2.Au/c1-16-10-19(4)25(20(5)11-16)28(26-21(6)12-17(2)13-22(26)7)27-23(8)14-18(3)15-24(27)9;3-1(4,5)14(10,11)9-15(12,13)2(6,7)8;/h10-15H,1-9H3;;/q;-1;+1. The maximum Gasteiger partial charge on any atom is 1.00 e. The molecular formula is C29H33AuF6NO4PS2. The molecule has 0 unspecified atom stereocenters. The SMILES string of the molecule is Cc1cc(C)c(P(c2c(C)cc(C)cc2C)c2c(C)cc(C)cc2C)c(C)c1.O=S(=O)([N-]S(=O)(=O)C(F)(F)F)C(F)(F)F.[Au+]. The largest absolute Gasteiger partial charge is 1.00 e. The van der Waals surface area contributed by atoms with Gasteiger partial charge in [-0.15, -0.1) is 0 Å². The summed E-state index contributed by atoms with van der Waals surface area (Å²) in [6.07, 6.45) is 0. The van der Waals surface area contributed by atoms with Crippen molar-refractivity contribution in [3.8, 4) is 0 Å². The summed E-state index contributed by atoms with van der Waals surface area (Å²) in [6, 6.07) is 14.1. The van der Waals surface area contributed by atoms with Crippen molar-refractivity contribution in [1.29, 1.82) is 0 Å². The van der Waals surface area contributed by atoms with E-state index in [2.05, 4.69) is 98.7 Å². The van der Waals surface area contributed by atoms with Crippen molar-refractivity contribution in [3.05, 3.63) is 90.6 Å². The van der Waals surface area contributed by atoms with E-state index in [0.29, 0.717) is 0 Å². The Labute approximate surface area is 272 Å². The first-order chi connectivity index (χ1) is 19.3. The van der Waals surface area contributed by atoms with Gasteiger partial charge in [0, 0.05) is 0 Å². The van der Waals surface area contributed by atoms with E-state index in [0.717, 1.165) is 4.13 Å². The molecule has 3 aromatic rings. The van der Waals surface area contributed by atoms with Crippen LogP contribution in [0.1, 0.15) is 50.1 Å². The molecule has 3 aromatic carbocycles. The van der Waals surface area contributed by atoms with Crippen LogP contribution >= 0.6 is 7.92 Å². The summed E-state index contributed by atoms with van der Waals surface area (Å²) >= 11 is 0. The fourth-order valence-corrected chi connectivity index (χ4v) is 10.0. The maximum absolute atomic E-state index is 11.4. The van der Waals surface area contributed by atoms with Crippen LogP contribution < -0.4 is 15.9 Å². The summed E-state index contributed by atoms with van der Waals surface area (Å²) in [5.41, 5.74) is 0.158. The normalized spacial score (nSPS) is 12.5. The summed E-state index contributed by atoms with van der Waals surface area (Å²) in [4.78, 5) is 0. The second-order valence-electron chi connectivity index (χ2n) is 10.5. The van der Waals surface area contributed by atoms with Crippen LogP contribution in [0.15, 0.2) is 36.4 Å². The van der Waals surface area contributed by atoms with Crippen LogP contribution in [0.5, 0.6) is 0 Å². The maximum atomic E-state index is 11.4. The molecule has 5 nitrogen and oxygen atoms in total. The third-order valence-corrected chi connectivity index (χ3v) is 12.6. The molecule has 0 fully saturated rings. The second-order valence-corrected chi connectivity index (χ2v) is 15.9. The molecule has 0 N–H and O–H groups in total. The molecule has 0 saturated carbocycles. The van der Waals surface area contributed by atoms with Crippen LogP contribution in [0.2, 0.25) is 0 Å². The predicted molar refractivity (Wildman–Crippen MR) is 161 cm³/mol. The molecule has 248 valence electrons. The number of hydrogen-bond acceptors (Lipinski definition) is 4. The molecule has 0 bridgehead atoms. The van der Waals surface area contributed by atoms with Crippen molar-refractivity contribution < 1.29 is 65.6 Å². The molecular weight excluding hydrogens is 832 g/mol. The van der Waals surface area contributed by atoms with E-state index in [1.165, 1.54) is 66.0 Å². The molecule has 0 spiro atoms. The summed E-state index contributed by atoms with van der Waals surface area (Å²) in [5, 5.41) is 4.60. The zero-order chi connectivity index (χ0) is 33.5. The van der Waals surface area contributed by atoms with Crippen LogP contribution in [-0.4, -0.2) is 27.9 Å². The Kier molecular flexibility index (Phi) is 13.2. The first kappa shape index (κ1) is 40.3. The van der Waals surface area contributed by atoms with Crippen LogP contribution in [0.4, 0.5) is 26.3 Å². The van der Waals surface area contributed by atoms with Gasteiger partial charge in [-0.2, -0.15) is 26.3 Å². The topological polar surface area (TPSA) is 82.4 Å². The van der Waals surface area contributed by atoms with E-state index in [1.807, 2.05) is 0 Å². The molecule has 15 heteroatoms. The molecule has 0 aliphatic heterocycles. The molecule has 0 aliphatic carbocycles. The molecule has 0 aromatic heterocycles. The molecule has 0 heterocycles. The van der Waals surface area contributed by atoms with Gasteiger partial charge in [-0.3, -0.25) is 0 Å². The number of alkyl halides is 6. The van der Waals surface area contributed by atoms with E-state index in [-0.39, 0.29) is 22.4 Å². The average Bonchev–Trinajstić information content (AvgIpc) is 2.75. The van der Waals surface area contributed by atoms with Gasteiger partial charge in [0.05, 0.1) is 0 Å². The van der Waals surface area contributed by atoms with Crippen LogP contribution in [-0.2, 0) is 42.4 Å². The van der Waals surface area contributed by atoms with Gasteiger partial charge in [0.2, 0.25) is 0 Å². The predicted octanol–water partition coefficient (Wildman–Crippen LogP) is 7.28. The minimum Gasteiger partial charge on any atom is -0.421 e. The monoisotopic (exact) mass is 865 g/mol. The minimum atomic E-state index is -6.72. The van der Waals surface area contributed by atoms with Gasteiger partial charge in [-0.05, 0) is 120 Å². The fraction of sp³-hybridized carbons (Fsp3) is 0.379. The zero-order valence-corrected chi connectivity index (χ0v) is 30.1. The number of rotatable bonds is 5. The van der Waals surface area contributed by atoms with Crippen molar-refractivity contribution in [1.82, 2.24) is 0 Å². The smallest absolute Gasteiger partial charge is 0.421 e. The number of nitrogens with zero attached hydrogens (tertiary/aromatic N) is 1. The molecule has 44 heavy (non-hydrogen) atoms. The van der Waals surface area contributed by atoms with Gasteiger partial charge in [-0.25, -0.2) is 16.8 Å². The van der Waals surface area contributed by atoms with E-state index in [1.54, 1.807) is 0 Å². The Hall–Kier alpha value is -1.73. The van der Waals surface area contributed by atoms with E-state index in [4.69, 9.17) is 0 Å². The van der Waals surface area contributed by atoms with E-state index >= 15 is 0 Å². The molecule has 0 atom stereocenters. The Morgan fingerprint density at radius 2 is 0.659 bits per heavy atom. The number of hydrogen-bond donors (Lipinski definition) is 0. The molecule has 0 radical (unpaired) electrons. The quantitative estimate of drug-likeness (QED) is 0.154. The zero-order valence-electron chi connectivity index (χ0n) is 25.4. The van der Waals surface area contributed by atoms with Crippen molar-refractivity contribution >= 4 is 43.9 Å².